The average Bonchev–Trinajstić information content (AvgIpc) is 2.72. The summed E-state index contributed by atoms with van der Waals surface area (Å²) < 4.78 is 25.2. The maximum Gasteiger partial charge on any atom is 0.227 e. The van der Waals surface area contributed by atoms with Gasteiger partial charge in [-0.05, 0) is 81.5 Å². The Labute approximate surface area is 188 Å². The number of piperidine rings is 1. The molecule has 3 rings (SSSR count). The second kappa shape index (κ2) is 9.59. The summed E-state index contributed by atoms with van der Waals surface area (Å²) in [6.07, 6.45) is 7.50. The Morgan fingerprint density at radius 3 is 2.45 bits per heavy atom. The predicted molar refractivity (Wildman–Crippen MR) is 125 cm³/mol. The van der Waals surface area contributed by atoms with Crippen LogP contribution in [-0.2, 0) is 33.1 Å². The second-order valence-corrected chi connectivity index (χ2v) is 12.0. The maximum atomic E-state index is 11.9. The van der Waals surface area contributed by atoms with Crippen LogP contribution in [0, 0.1) is 5.92 Å². The lowest BCUT2D eigenvalue weighted by Gasteiger charge is -2.39. The normalized spacial score (nSPS) is 21.3. The van der Waals surface area contributed by atoms with Gasteiger partial charge in [-0.2, -0.15) is 0 Å². The van der Waals surface area contributed by atoms with Crippen LogP contribution in [0.3, 0.4) is 0 Å². The largest absolute Gasteiger partial charge is 0.369 e. The Morgan fingerprint density at radius 1 is 1.19 bits per heavy atom. The van der Waals surface area contributed by atoms with Crippen molar-refractivity contribution in [3.05, 3.63) is 34.9 Å². The first-order valence-electron chi connectivity index (χ1n) is 11.6. The smallest absolute Gasteiger partial charge is 0.227 e. The summed E-state index contributed by atoms with van der Waals surface area (Å²) in [5.41, 5.74) is 8.70. The summed E-state index contributed by atoms with van der Waals surface area (Å²) in [7, 11) is -3.08. The van der Waals surface area contributed by atoms with Gasteiger partial charge in [0, 0.05) is 25.7 Å². The average molecular weight is 450 g/mol. The monoisotopic (exact) mass is 449 g/mol. The predicted octanol–water partition coefficient (Wildman–Crippen LogP) is 2.69. The summed E-state index contributed by atoms with van der Waals surface area (Å²) in [5.74, 6) is 0.249. The van der Waals surface area contributed by atoms with E-state index in [4.69, 9.17) is 5.73 Å². The zero-order valence-corrected chi connectivity index (χ0v) is 20.4. The van der Waals surface area contributed by atoms with E-state index in [9.17, 15) is 13.2 Å². The Morgan fingerprint density at radius 2 is 1.87 bits per heavy atom. The SMILES string of the molecule is CCCN(CC1CCN(S(C)(=O)=O)CC1)C1CCc2ccc(C(C)(C)C(N)=O)cc2C1. The Kier molecular flexibility index (Phi) is 7.49. The number of hydrogen-bond donors (Lipinski definition) is 1. The van der Waals surface area contributed by atoms with Crippen molar-refractivity contribution in [3.63, 3.8) is 0 Å². The zero-order chi connectivity index (χ0) is 22.8. The number of carbonyl (C=O) groups excluding carboxylic acids is 1. The Balaban J connectivity index is 1.69. The van der Waals surface area contributed by atoms with Gasteiger partial charge in [-0.15, -0.1) is 0 Å². The molecule has 1 heterocycles. The van der Waals surface area contributed by atoms with E-state index in [0.29, 0.717) is 25.0 Å². The molecule has 1 aliphatic heterocycles. The van der Waals surface area contributed by atoms with Crippen LogP contribution < -0.4 is 5.73 Å². The van der Waals surface area contributed by atoms with Gasteiger partial charge in [0.1, 0.15) is 0 Å². The summed E-state index contributed by atoms with van der Waals surface area (Å²) in [4.78, 5) is 14.6. The van der Waals surface area contributed by atoms with E-state index in [1.165, 1.54) is 17.4 Å². The van der Waals surface area contributed by atoms with Crippen LogP contribution in [0.15, 0.2) is 18.2 Å². The highest BCUT2D eigenvalue weighted by atomic mass is 32.2. The number of rotatable bonds is 8. The number of hydrogen-bond acceptors (Lipinski definition) is 4. The van der Waals surface area contributed by atoms with Crippen LogP contribution in [0.4, 0.5) is 0 Å². The first-order valence-corrected chi connectivity index (χ1v) is 13.5. The lowest BCUT2D eigenvalue weighted by Crippen LogP contribution is -2.45. The number of nitrogens with two attached hydrogens (primary N) is 1. The summed E-state index contributed by atoms with van der Waals surface area (Å²) in [5, 5.41) is 0. The van der Waals surface area contributed by atoms with Gasteiger partial charge in [-0.1, -0.05) is 25.1 Å². The van der Waals surface area contributed by atoms with Gasteiger partial charge in [0.15, 0.2) is 0 Å². The van der Waals surface area contributed by atoms with Crippen molar-refractivity contribution in [3.8, 4) is 0 Å². The minimum Gasteiger partial charge on any atom is -0.369 e. The molecule has 2 aliphatic rings. The van der Waals surface area contributed by atoms with Gasteiger partial charge in [-0.25, -0.2) is 12.7 Å². The van der Waals surface area contributed by atoms with Crippen LogP contribution in [0.25, 0.3) is 0 Å². The van der Waals surface area contributed by atoms with Crippen molar-refractivity contribution in [1.82, 2.24) is 9.21 Å². The third kappa shape index (κ3) is 5.68. The van der Waals surface area contributed by atoms with E-state index < -0.39 is 15.4 Å². The van der Waals surface area contributed by atoms with E-state index in [1.54, 1.807) is 4.31 Å². The quantitative estimate of drug-likeness (QED) is 0.661. The summed E-state index contributed by atoms with van der Waals surface area (Å²) >= 11 is 0. The summed E-state index contributed by atoms with van der Waals surface area (Å²) in [6, 6.07) is 6.92. The first-order chi connectivity index (χ1) is 14.5. The van der Waals surface area contributed by atoms with Gasteiger partial charge in [0.2, 0.25) is 15.9 Å². The lowest BCUT2D eigenvalue weighted by molar-refractivity contribution is -0.122. The third-order valence-corrected chi connectivity index (χ3v) is 8.61. The van der Waals surface area contributed by atoms with E-state index in [-0.39, 0.29) is 5.91 Å². The number of carbonyl (C=O) groups is 1. The van der Waals surface area contributed by atoms with Crippen LogP contribution in [0.5, 0.6) is 0 Å². The van der Waals surface area contributed by atoms with Crippen molar-refractivity contribution in [1.29, 1.82) is 0 Å². The molecule has 1 atom stereocenters. The number of amides is 1. The standard InChI is InChI=1S/C24H39N3O3S/c1-5-12-26(17-18-10-13-27(14-11-18)31(4,29)30)22-9-7-19-6-8-21(15-20(19)16-22)24(2,3)23(25)28/h6,8,15,18,22H,5,7,9-14,16-17H2,1-4H3,(H2,25,28). The Bertz CT molecular complexity index is 889. The van der Waals surface area contributed by atoms with Crippen molar-refractivity contribution >= 4 is 15.9 Å². The number of nitrogens with zero attached hydrogens (tertiary/aromatic N) is 2. The van der Waals surface area contributed by atoms with E-state index in [1.807, 2.05) is 13.8 Å². The van der Waals surface area contributed by atoms with E-state index in [2.05, 4.69) is 30.0 Å². The minimum absolute atomic E-state index is 0.298. The molecule has 1 saturated heterocycles. The van der Waals surface area contributed by atoms with Crippen LogP contribution in [-0.4, -0.2) is 62.0 Å². The van der Waals surface area contributed by atoms with Crippen LogP contribution >= 0.6 is 0 Å². The molecule has 0 spiro atoms. The van der Waals surface area contributed by atoms with Gasteiger partial charge < -0.3 is 5.73 Å². The number of sulfonamides is 1. The van der Waals surface area contributed by atoms with Gasteiger partial charge in [-0.3, -0.25) is 9.69 Å². The number of aryl methyl sites for hydroxylation is 1. The second-order valence-electron chi connectivity index (χ2n) is 9.97. The Hall–Kier alpha value is -1.44. The van der Waals surface area contributed by atoms with Gasteiger partial charge in [0.05, 0.1) is 11.7 Å². The topological polar surface area (TPSA) is 83.7 Å². The molecule has 1 aliphatic carbocycles. The molecule has 7 heteroatoms. The zero-order valence-electron chi connectivity index (χ0n) is 19.6. The molecule has 0 saturated carbocycles. The molecule has 1 unspecified atom stereocenters. The van der Waals surface area contributed by atoms with Crippen molar-refractivity contribution in [2.75, 3.05) is 32.4 Å². The molecule has 1 aromatic rings. The highest BCUT2D eigenvalue weighted by Gasteiger charge is 2.32. The van der Waals surface area contributed by atoms with Crippen molar-refractivity contribution in [2.45, 2.75) is 70.8 Å². The van der Waals surface area contributed by atoms with Crippen molar-refractivity contribution in [2.24, 2.45) is 11.7 Å². The molecule has 0 bridgehead atoms. The molecular formula is C24H39N3O3S. The van der Waals surface area contributed by atoms with Crippen LogP contribution in [0.1, 0.15) is 63.1 Å². The first kappa shape index (κ1) is 24.2. The number of fused-ring (bicyclic) bond motifs is 1. The fraction of sp³-hybridized carbons (Fsp3) is 0.708. The van der Waals surface area contributed by atoms with E-state index >= 15 is 0 Å². The molecule has 0 radical (unpaired) electrons. The molecule has 1 amide bonds. The number of primary amides is 1. The molecule has 0 aromatic heterocycles. The van der Waals surface area contributed by atoms with Crippen LogP contribution in [0.2, 0.25) is 0 Å². The number of benzene rings is 1. The van der Waals surface area contributed by atoms with Gasteiger partial charge in [0.25, 0.3) is 0 Å². The van der Waals surface area contributed by atoms with Crippen molar-refractivity contribution < 1.29 is 13.2 Å². The molecule has 1 aromatic carbocycles. The summed E-state index contributed by atoms with van der Waals surface area (Å²) in [6.45, 7) is 9.40. The maximum absolute atomic E-state index is 11.9. The lowest BCUT2D eigenvalue weighted by atomic mass is 9.79. The fourth-order valence-corrected chi connectivity index (χ4v) is 5.92. The third-order valence-electron chi connectivity index (χ3n) is 7.31. The fourth-order valence-electron chi connectivity index (χ4n) is 5.05. The molecule has 31 heavy (non-hydrogen) atoms. The van der Waals surface area contributed by atoms with E-state index in [0.717, 1.165) is 57.2 Å². The molecule has 1 fully saturated rings. The molecule has 6 nitrogen and oxygen atoms in total. The molecular weight excluding hydrogens is 410 g/mol. The molecule has 174 valence electrons. The molecule has 2 N–H and O–H groups in total. The van der Waals surface area contributed by atoms with Gasteiger partial charge >= 0.3 is 0 Å². The highest BCUT2D eigenvalue weighted by molar-refractivity contribution is 7.88. The highest BCUT2D eigenvalue weighted by Crippen LogP contribution is 2.31. The minimum atomic E-state index is -3.08.